The average molecular weight is 967 g/mol. The Hall–Kier alpha value is -1.51. The third-order valence-electron chi connectivity index (χ3n) is 12.9. The molecule has 0 heterocycles. The zero-order chi connectivity index (χ0) is 49.4. The summed E-state index contributed by atoms with van der Waals surface area (Å²) in [6.45, 7) is 6.85. The summed E-state index contributed by atoms with van der Waals surface area (Å²) < 4.78 is 30.2. The molecule has 0 aliphatic heterocycles. The molecule has 0 aliphatic carbocycles. The number of phosphoric acid groups is 1. The number of ether oxygens (including phenoxy) is 1. The van der Waals surface area contributed by atoms with Gasteiger partial charge < -0.3 is 28.5 Å². The number of rotatable bonds is 52. The van der Waals surface area contributed by atoms with Crippen LogP contribution in [0.5, 0.6) is 0 Å². The number of carbonyl (C=O) groups excluding carboxylic acids is 2. The maximum absolute atomic E-state index is 13.5. The Labute approximate surface area is 415 Å². The van der Waals surface area contributed by atoms with Crippen molar-refractivity contribution in [3.05, 3.63) is 24.3 Å². The summed E-state index contributed by atoms with van der Waals surface area (Å²) in [6, 6.07) is -0.883. The van der Waals surface area contributed by atoms with Crippen LogP contribution in [0.1, 0.15) is 278 Å². The van der Waals surface area contributed by atoms with Crippen molar-refractivity contribution in [1.82, 2.24) is 5.32 Å². The van der Waals surface area contributed by atoms with Crippen molar-refractivity contribution in [3.63, 3.8) is 0 Å². The highest BCUT2D eigenvalue weighted by Crippen LogP contribution is 2.38. The van der Waals surface area contributed by atoms with Crippen molar-refractivity contribution in [2.75, 3.05) is 40.9 Å². The number of carbonyl (C=O) groups is 2. The van der Waals surface area contributed by atoms with E-state index >= 15 is 0 Å². The maximum Gasteiger partial charge on any atom is 0.306 e. The Balaban J connectivity index is 5.36. The molecule has 0 aliphatic rings. The number of likely N-dealkylation sites (N-methyl/N-ethyl adjacent to an activating group) is 1. The molecule has 0 saturated carbocycles. The second-order valence-corrected chi connectivity index (χ2v) is 22.2. The normalized spacial score (nSPS) is 14.0. The summed E-state index contributed by atoms with van der Waals surface area (Å²) in [6.07, 6.45) is 54.1. The van der Waals surface area contributed by atoms with Gasteiger partial charge in [0, 0.05) is 12.8 Å². The molecule has 3 atom stereocenters. The molecule has 10 heteroatoms. The van der Waals surface area contributed by atoms with Gasteiger partial charge in [-0.2, -0.15) is 0 Å². The maximum atomic E-state index is 13.5. The number of hydrogen-bond acceptors (Lipinski definition) is 7. The van der Waals surface area contributed by atoms with Crippen LogP contribution in [0, 0.1) is 0 Å². The van der Waals surface area contributed by atoms with E-state index in [2.05, 4.69) is 38.2 Å². The average Bonchev–Trinajstić information content (AvgIpc) is 3.28. The quantitative estimate of drug-likeness (QED) is 0.0212. The number of amides is 1. The first kappa shape index (κ1) is 65.5. The Bertz CT molecular complexity index is 1210. The minimum Gasteiger partial charge on any atom is -0.756 e. The van der Waals surface area contributed by atoms with Crippen molar-refractivity contribution >= 4 is 19.7 Å². The van der Waals surface area contributed by atoms with E-state index in [0.717, 1.165) is 70.6 Å². The summed E-state index contributed by atoms with van der Waals surface area (Å²) in [7, 11) is 1.19. The van der Waals surface area contributed by atoms with Gasteiger partial charge in [0.15, 0.2) is 0 Å². The molecule has 0 aromatic rings. The molecule has 0 aromatic carbocycles. The van der Waals surface area contributed by atoms with Gasteiger partial charge in [-0.3, -0.25) is 14.2 Å². The van der Waals surface area contributed by atoms with Gasteiger partial charge >= 0.3 is 5.97 Å². The van der Waals surface area contributed by atoms with Gasteiger partial charge in [0.2, 0.25) is 5.91 Å². The summed E-state index contributed by atoms with van der Waals surface area (Å²) >= 11 is 0. The summed E-state index contributed by atoms with van der Waals surface area (Å²) in [5, 5.41) is 3.02. The standard InChI is InChI=1S/C57H111N2O7P/c1-7-10-13-16-19-22-25-28-29-32-34-37-40-43-46-49-56(60)58-54(53-65-67(62,63)64-52-51-59(4,5)6)55(48-45-42-39-36-33-30-26-23-20-17-14-11-8-2)66-57(61)50-47-44-41-38-35-31-27-24-21-18-15-12-9-3/h22,25,45,48,54-55H,7-21,23-24,26-44,46-47,49-53H2,1-6H3,(H-,58,60,62,63)/b25-22-,48-45+. The first-order valence-corrected chi connectivity index (χ1v) is 30.1. The van der Waals surface area contributed by atoms with E-state index in [-0.39, 0.29) is 31.5 Å². The lowest BCUT2D eigenvalue weighted by Crippen LogP contribution is -2.47. The number of nitrogens with one attached hydrogen (secondary N) is 1. The van der Waals surface area contributed by atoms with Crippen molar-refractivity contribution in [3.8, 4) is 0 Å². The first-order chi connectivity index (χ1) is 32.4. The van der Waals surface area contributed by atoms with Crippen LogP contribution in [0.25, 0.3) is 0 Å². The molecule has 9 nitrogen and oxygen atoms in total. The number of nitrogens with zero attached hydrogens (tertiary/aromatic N) is 1. The molecular formula is C57H111N2O7P. The van der Waals surface area contributed by atoms with Crippen LogP contribution in [0.4, 0.5) is 0 Å². The molecular weight excluding hydrogens is 856 g/mol. The van der Waals surface area contributed by atoms with Gasteiger partial charge in [-0.25, -0.2) is 0 Å². The fraction of sp³-hybridized carbons (Fsp3) is 0.895. The zero-order valence-electron chi connectivity index (χ0n) is 45.1. The topological polar surface area (TPSA) is 114 Å². The molecule has 3 unspecified atom stereocenters. The highest BCUT2D eigenvalue weighted by molar-refractivity contribution is 7.45. The number of phosphoric ester groups is 1. The Morgan fingerprint density at radius 1 is 0.507 bits per heavy atom. The molecule has 0 spiro atoms. The molecule has 0 rings (SSSR count). The van der Waals surface area contributed by atoms with Crippen LogP contribution in [0.15, 0.2) is 24.3 Å². The zero-order valence-corrected chi connectivity index (χ0v) is 46.0. The van der Waals surface area contributed by atoms with Gasteiger partial charge in [0.1, 0.15) is 19.3 Å². The van der Waals surface area contributed by atoms with Gasteiger partial charge in [-0.1, -0.05) is 232 Å². The smallest absolute Gasteiger partial charge is 0.306 e. The van der Waals surface area contributed by atoms with E-state index in [1.807, 2.05) is 33.3 Å². The lowest BCUT2D eigenvalue weighted by atomic mass is 10.0. The largest absolute Gasteiger partial charge is 0.756 e. The monoisotopic (exact) mass is 967 g/mol. The van der Waals surface area contributed by atoms with Crippen LogP contribution in [-0.4, -0.2) is 69.4 Å². The van der Waals surface area contributed by atoms with Crippen molar-refractivity contribution in [1.29, 1.82) is 0 Å². The summed E-state index contributed by atoms with van der Waals surface area (Å²) in [5.74, 6) is -0.535. The van der Waals surface area contributed by atoms with Crippen molar-refractivity contribution < 1.29 is 37.3 Å². The fourth-order valence-corrected chi connectivity index (χ4v) is 9.12. The van der Waals surface area contributed by atoms with E-state index in [1.165, 1.54) is 173 Å². The molecule has 1 N–H and O–H groups in total. The molecule has 1 amide bonds. The lowest BCUT2D eigenvalue weighted by Gasteiger charge is -2.30. The number of quaternary nitrogens is 1. The van der Waals surface area contributed by atoms with E-state index in [0.29, 0.717) is 17.4 Å². The highest BCUT2D eigenvalue weighted by atomic mass is 31.2. The molecule has 0 bridgehead atoms. The molecule has 0 saturated heterocycles. The van der Waals surface area contributed by atoms with E-state index in [4.69, 9.17) is 13.8 Å². The predicted octanol–water partition coefficient (Wildman–Crippen LogP) is 16.4. The second kappa shape index (κ2) is 48.1. The minimum absolute atomic E-state index is 0.0199. The fourth-order valence-electron chi connectivity index (χ4n) is 8.40. The lowest BCUT2D eigenvalue weighted by molar-refractivity contribution is -0.870. The molecule has 0 fully saturated rings. The van der Waals surface area contributed by atoms with E-state index < -0.39 is 20.0 Å². The number of esters is 1. The highest BCUT2D eigenvalue weighted by Gasteiger charge is 2.27. The predicted molar refractivity (Wildman–Crippen MR) is 284 cm³/mol. The molecule has 67 heavy (non-hydrogen) atoms. The van der Waals surface area contributed by atoms with Gasteiger partial charge in [-0.15, -0.1) is 0 Å². The second-order valence-electron chi connectivity index (χ2n) is 20.8. The SMILES string of the molecule is CCCCCC/C=C\CCCCCCCCCC(=O)NC(COP(=O)([O-])OCC[N+](C)(C)C)C(/C=C/CCCCCCCCCCCCC)OC(=O)CCCCCCCCCCCCCCC. The third kappa shape index (κ3) is 49.3. The summed E-state index contributed by atoms with van der Waals surface area (Å²) in [4.78, 5) is 39.8. The van der Waals surface area contributed by atoms with Crippen LogP contribution in [0.3, 0.4) is 0 Å². The molecule has 0 aromatic heterocycles. The molecule has 0 radical (unpaired) electrons. The summed E-state index contributed by atoms with van der Waals surface area (Å²) in [5.41, 5.74) is 0. The van der Waals surface area contributed by atoms with E-state index in [9.17, 15) is 19.0 Å². The van der Waals surface area contributed by atoms with Gasteiger partial charge in [0.25, 0.3) is 7.82 Å². The first-order valence-electron chi connectivity index (χ1n) is 28.6. The van der Waals surface area contributed by atoms with Crippen molar-refractivity contribution in [2.24, 2.45) is 0 Å². The van der Waals surface area contributed by atoms with Gasteiger partial charge in [-0.05, 0) is 57.4 Å². The number of unbranched alkanes of at least 4 members (excludes halogenated alkanes) is 34. The molecule has 396 valence electrons. The number of hydrogen-bond donors (Lipinski definition) is 1. The van der Waals surface area contributed by atoms with Crippen molar-refractivity contribution in [2.45, 2.75) is 290 Å². The Morgan fingerprint density at radius 3 is 1.28 bits per heavy atom. The van der Waals surface area contributed by atoms with Crippen LogP contribution < -0.4 is 10.2 Å². The van der Waals surface area contributed by atoms with E-state index in [1.54, 1.807) is 0 Å². The van der Waals surface area contributed by atoms with Crippen LogP contribution >= 0.6 is 7.82 Å². The Kier molecular flexibility index (Phi) is 47.0. The Morgan fingerprint density at radius 2 is 0.866 bits per heavy atom. The third-order valence-corrected chi connectivity index (χ3v) is 13.8. The minimum atomic E-state index is -4.69. The van der Waals surface area contributed by atoms with Gasteiger partial charge in [0.05, 0.1) is 33.8 Å². The number of allylic oxidation sites excluding steroid dienone is 3. The van der Waals surface area contributed by atoms with Crippen LogP contribution in [-0.2, 0) is 27.9 Å². The van der Waals surface area contributed by atoms with Crippen LogP contribution in [0.2, 0.25) is 0 Å².